The molecule has 0 saturated carbocycles. The first-order chi connectivity index (χ1) is 10.2. The van der Waals surface area contributed by atoms with Crippen LogP contribution in [0.2, 0.25) is 0 Å². The highest BCUT2D eigenvalue weighted by molar-refractivity contribution is 7.47. The van der Waals surface area contributed by atoms with Gasteiger partial charge in [0.2, 0.25) is 0 Å². The summed E-state index contributed by atoms with van der Waals surface area (Å²) >= 11 is 0. The highest BCUT2D eigenvalue weighted by atomic mass is 31.2. The third-order valence-corrected chi connectivity index (χ3v) is 3.38. The molecule has 0 aliphatic rings. The summed E-state index contributed by atoms with van der Waals surface area (Å²) in [6.45, 7) is -0.536. The van der Waals surface area contributed by atoms with E-state index >= 15 is 0 Å². The number of phosphoric ester groups is 1. The van der Waals surface area contributed by atoms with Crippen LogP contribution < -0.4 is 5.48 Å². The Morgan fingerprint density at radius 3 is 2.00 bits per heavy atom. The number of hydroxylamine groups is 1. The molecule has 0 aliphatic carbocycles. The van der Waals surface area contributed by atoms with Crippen molar-refractivity contribution in [2.24, 2.45) is 0 Å². The summed E-state index contributed by atoms with van der Waals surface area (Å²) in [7, 11) is -0.0527. The molecule has 0 heterocycles. The highest BCUT2D eigenvalue weighted by Gasteiger charge is 2.45. The molecule has 22 heavy (non-hydrogen) atoms. The Morgan fingerprint density at radius 2 is 1.64 bits per heavy atom. The van der Waals surface area contributed by atoms with E-state index in [-0.39, 0.29) is 0 Å². The van der Waals surface area contributed by atoms with Crippen LogP contribution in [0.1, 0.15) is 12.8 Å². The van der Waals surface area contributed by atoms with Gasteiger partial charge in [0.05, 0.1) is 34.2 Å². The van der Waals surface area contributed by atoms with Crippen LogP contribution in [-0.4, -0.2) is 57.4 Å². The van der Waals surface area contributed by atoms with E-state index in [1.807, 2.05) is 5.48 Å². The van der Waals surface area contributed by atoms with E-state index in [2.05, 4.69) is 23.9 Å². The van der Waals surface area contributed by atoms with Crippen molar-refractivity contribution in [3.8, 4) is 0 Å². The molecule has 0 aliphatic heterocycles. The number of esters is 2. The number of ether oxygens (including phenoxy) is 2. The largest absolute Gasteiger partial charge is 0.489 e. The Labute approximate surface area is 127 Å². The fraction of sp³-hybridized carbons (Fsp3) is 0.800. The number of carbonyl (C=O) groups excluding carboxylic acids is 2. The quantitative estimate of drug-likeness (QED) is 0.221. The van der Waals surface area contributed by atoms with Crippen molar-refractivity contribution < 1.29 is 47.4 Å². The van der Waals surface area contributed by atoms with Gasteiger partial charge in [0.15, 0.2) is 0 Å². The number of phosphoric acid groups is 1. The minimum Gasteiger partial charge on any atom is -0.469 e. The highest BCUT2D eigenvalue weighted by Crippen LogP contribution is 2.48. The fourth-order valence-corrected chi connectivity index (χ4v) is 2.41. The van der Waals surface area contributed by atoms with Crippen LogP contribution in [0.15, 0.2) is 0 Å². The smallest absolute Gasteiger partial charge is 0.469 e. The van der Waals surface area contributed by atoms with Gasteiger partial charge in [0.25, 0.3) is 0 Å². The lowest BCUT2D eigenvalue weighted by Gasteiger charge is -2.31. The van der Waals surface area contributed by atoms with Gasteiger partial charge >= 0.3 is 19.8 Å². The minimum atomic E-state index is -4.65. The average Bonchev–Trinajstić information content (AvgIpc) is 2.44. The molecule has 1 unspecified atom stereocenters. The normalized spacial score (nSPS) is 14.2. The molecule has 0 rings (SSSR count). The van der Waals surface area contributed by atoms with Gasteiger partial charge in [0, 0.05) is 7.05 Å². The Hall–Kier alpha value is -1.07. The van der Waals surface area contributed by atoms with E-state index in [1.54, 1.807) is 0 Å². The van der Waals surface area contributed by atoms with Gasteiger partial charge in [-0.15, -0.1) is 0 Å². The van der Waals surface area contributed by atoms with E-state index in [0.717, 1.165) is 14.2 Å². The Balaban J connectivity index is 5.44. The number of hydrogen-bond donors (Lipinski definition) is 2. The second kappa shape index (κ2) is 9.85. The molecular weight excluding hydrogens is 325 g/mol. The third-order valence-electron chi connectivity index (χ3n) is 2.34. The van der Waals surface area contributed by atoms with Crippen molar-refractivity contribution in [2.75, 3.05) is 35.0 Å². The first kappa shape index (κ1) is 20.9. The van der Waals surface area contributed by atoms with Crippen LogP contribution in [-0.2, 0) is 42.6 Å². The molecule has 0 bridgehead atoms. The lowest BCUT2D eigenvalue weighted by Crippen LogP contribution is -2.42. The van der Waals surface area contributed by atoms with E-state index in [1.165, 1.54) is 14.2 Å². The second-order valence-corrected chi connectivity index (χ2v) is 5.28. The van der Waals surface area contributed by atoms with Gasteiger partial charge in [-0.05, 0) is 0 Å². The van der Waals surface area contributed by atoms with Crippen molar-refractivity contribution >= 4 is 19.8 Å². The Kier molecular flexibility index (Phi) is 9.37. The molecular formula is C10H20NO10P. The van der Waals surface area contributed by atoms with E-state index < -0.39 is 44.8 Å². The third kappa shape index (κ3) is 7.80. The maximum absolute atomic E-state index is 11.8. The summed E-state index contributed by atoms with van der Waals surface area (Å²) in [5, 5.41) is 0. The van der Waals surface area contributed by atoms with Gasteiger partial charge < -0.3 is 14.4 Å². The monoisotopic (exact) mass is 345 g/mol. The van der Waals surface area contributed by atoms with Crippen molar-refractivity contribution in [3.05, 3.63) is 0 Å². The van der Waals surface area contributed by atoms with Gasteiger partial charge in [-0.3, -0.25) is 14.1 Å². The maximum Gasteiger partial charge on any atom is 0.489 e. The van der Waals surface area contributed by atoms with E-state index in [9.17, 15) is 19.0 Å². The van der Waals surface area contributed by atoms with Crippen LogP contribution in [0.3, 0.4) is 0 Å². The van der Waals surface area contributed by atoms with Gasteiger partial charge in [-0.1, -0.05) is 0 Å². The van der Waals surface area contributed by atoms with Crippen LogP contribution in [0.25, 0.3) is 0 Å². The van der Waals surface area contributed by atoms with Crippen molar-refractivity contribution in [1.29, 1.82) is 0 Å². The zero-order chi connectivity index (χ0) is 17.2. The number of carbonyl (C=O) groups is 2. The van der Waals surface area contributed by atoms with Gasteiger partial charge in [0.1, 0.15) is 12.2 Å². The second-order valence-electron chi connectivity index (χ2n) is 3.97. The van der Waals surface area contributed by atoms with Crippen LogP contribution in [0.4, 0.5) is 0 Å². The fourth-order valence-electron chi connectivity index (χ4n) is 1.47. The molecule has 0 aromatic heterocycles. The predicted molar refractivity (Wildman–Crippen MR) is 70.0 cm³/mol. The zero-order valence-corrected chi connectivity index (χ0v) is 13.6. The molecule has 0 fully saturated rings. The standard InChI is InChI=1S/C10H20NO10P/c1-11-21-22(14,15)20-10(7-19-18-4,5-8(12)16-2)6-9(13)17-3/h11H,5-7H2,1-4H3,(H,14,15). The SMILES string of the molecule is CNOP(=O)(O)OC(COOC)(CC(=O)OC)CC(=O)OC. The molecule has 0 amide bonds. The molecule has 0 aromatic carbocycles. The van der Waals surface area contributed by atoms with E-state index in [0.29, 0.717) is 0 Å². The number of methoxy groups -OCH3 is 2. The average molecular weight is 345 g/mol. The summed E-state index contributed by atoms with van der Waals surface area (Å²) in [6, 6.07) is 0. The first-order valence-electron chi connectivity index (χ1n) is 5.92. The summed E-state index contributed by atoms with van der Waals surface area (Å²) in [4.78, 5) is 41.7. The molecule has 12 heteroatoms. The Morgan fingerprint density at radius 1 is 1.14 bits per heavy atom. The molecule has 0 spiro atoms. The first-order valence-corrected chi connectivity index (χ1v) is 7.42. The van der Waals surface area contributed by atoms with Crippen LogP contribution >= 0.6 is 7.82 Å². The van der Waals surface area contributed by atoms with Crippen molar-refractivity contribution in [3.63, 3.8) is 0 Å². The van der Waals surface area contributed by atoms with Gasteiger partial charge in [-0.25, -0.2) is 14.3 Å². The van der Waals surface area contributed by atoms with Crippen molar-refractivity contribution in [1.82, 2.24) is 5.48 Å². The van der Waals surface area contributed by atoms with E-state index in [4.69, 9.17) is 4.52 Å². The summed E-state index contributed by atoms with van der Waals surface area (Å²) in [5.41, 5.74) is 0.0872. The lowest BCUT2D eigenvalue weighted by molar-refractivity contribution is -0.296. The summed E-state index contributed by atoms with van der Waals surface area (Å²) < 4.78 is 30.0. The van der Waals surface area contributed by atoms with Gasteiger partial charge in [-0.2, -0.15) is 10.1 Å². The maximum atomic E-state index is 11.8. The summed E-state index contributed by atoms with van der Waals surface area (Å²) in [5.74, 6) is -1.62. The topological polar surface area (TPSA) is 139 Å². The molecule has 2 N–H and O–H groups in total. The van der Waals surface area contributed by atoms with Crippen molar-refractivity contribution in [2.45, 2.75) is 18.4 Å². The molecule has 1 atom stereocenters. The number of hydrogen-bond acceptors (Lipinski definition) is 10. The predicted octanol–water partition coefficient (Wildman–Crippen LogP) is -0.303. The minimum absolute atomic E-state index is 0.536. The number of nitrogens with one attached hydrogen (secondary N) is 1. The molecule has 130 valence electrons. The molecule has 0 saturated heterocycles. The molecule has 0 aromatic rings. The van der Waals surface area contributed by atoms with Crippen LogP contribution in [0, 0.1) is 0 Å². The Bertz CT molecular complexity index is 397. The number of rotatable bonds is 11. The molecule has 0 radical (unpaired) electrons. The lowest BCUT2D eigenvalue weighted by atomic mass is 9.97. The summed E-state index contributed by atoms with van der Waals surface area (Å²) in [6.07, 6.45) is -1.17. The zero-order valence-electron chi connectivity index (χ0n) is 12.7. The van der Waals surface area contributed by atoms with Crippen LogP contribution in [0.5, 0.6) is 0 Å². The molecule has 11 nitrogen and oxygen atoms in total.